The van der Waals surface area contributed by atoms with Crippen molar-refractivity contribution in [2.45, 2.75) is 50.8 Å². The van der Waals surface area contributed by atoms with Gasteiger partial charge in [-0.25, -0.2) is 0 Å². The maximum atomic E-state index is 10.8. The fourth-order valence-electron chi connectivity index (χ4n) is 3.43. The second kappa shape index (κ2) is 5.44. The van der Waals surface area contributed by atoms with E-state index in [0.29, 0.717) is 12.0 Å². The van der Waals surface area contributed by atoms with Crippen molar-refractivity contribution in [2.75, 3.05) is 12.4 Å². The SMILES string of the molecule is CNC1CCC(c2cc3c(cc2C)NC(C=O)O3)CC1. The molecule has 0 aromatic heterocycles. The van der Waals surface area contributed by atoms with E-state index >= 15 is 0 Å². The number of nitrogens with one attached hydrogen (secondary N) is 2. The topological polar surface area (TPSA) is 50.4 Å². The number of aldehydes is 1. The molecule has 1 fully saturated rings. The van der Waals surface area contributed by atoms with Gasteiger partial charge in [0.2, 0.25) is 6.23 Å². The quantitative estimate of drug-likeness (QED) is 0.832. The summed E-state index contributed by atoms with van der Waals surface area (Å²) in [6, 6.07) is 4.91. The minimum atomic E-state index is -0.528. The minimum absolute atomic E-state index is 0.528. The number of fused-ring (bicyclic) bond motifs is 1. The van der Waals surface area contributed by atoms with Crippen LogP contribution in [0.25, 0.3) is 0 Å². The molecular formula is C16H22N2O2. The van der Waals surface area contributed by atoms with Crippen LogP contribution >= 0.6 is 0 Å². The van der Waals surface area contributed by atoms with Gasteiger partial charge < -0.3 is 15.4 Å². The first-order valence-electron chi connectivity index (χ1n) is 7.41. The Labute approximate surface area is 119 Å². The fourth-order valence-corrected chi connectivity index (χ4v) is 3.43. The first kappa shape index (κ1) is 13.4. The normalized spacial score (nSPS) is 28.4. The van der Waals surface area contributed by atoms with Crippen LogP contribution in [0.5, 0.6) is 5.75 Å². The highest BCUT2D eigenvalue weighted by Gasteiger charge is 2.26. The molecule has 3 rings (SSSR count). The zero-order valence-electron chi connectivity index (χ0n) is 12.1. The van der Waals surface area contributed by atoms with E-state index in [9.17, 15) is 4.79 Å². The van der Waals surface area contributed by atoms with Crippen molar-refractivity contribution in [1.82, 2.24) is 5.32 Å². The molecule has 2 aliphatic rings. The molecule has 0 radical (unpaired) electrons. The molecule has 2 N–H and O–H groups in total. The lowest BCUT2D eigenvalue weighted by Gasteiger charge is -2.29. The summed E-state index contributed by atoms with van der Waals surface area (Å²) < 4.78 is 5.59. The Hall–Kier alpha value is -1.55. The second-order valence-corrected chi connectivity index (χ2v) is 5.86. The molecule has 1 unspecified atom stereocenters. The first-order valence-corrected chi connectivity index (χ1v) is 7.41. The Balaban J connectivity index is 1.80. The largest absolute Gasteiger partial charge is 0.461 e. The van der Waals surface area contributed by atoms with Crippen molar-refractivity contribution >= 4 is 12.0 Å². The van der Waals surface area contributed by atoms with Crippen molar-refractivity contribution in [2.24, 2.45) is 0 Å². The van der Waals surface area contributed by atoms with Gasteiger partial charge in [-0.3, -0.25) is 4.79 Å². The van der Waals surface area contributed by atoms with E-state index in [1.165, 1.54) is 36.8 Å². The summed E-state index contributed by atoms with van der Waals surface area (Å²) in [6.45, 7) is 2.15. The van der Waals surface area contributed by atoms with Crippen molar-refractivity contribution < 1.29 is 9.53 Å². The third-order valence-electron chi connectivity index (χ3n) is 4.62. The zero-order valence-corrected chi connectivity index (χ0v) is 12.1. The second-order valence-electron chi connectivity index (χ2n) is 5.86. The fraction of sp³-hybridized carbons (Fsp3) is 0.562. The van der Waals surface area contributed by atoms with Crippen molar-refractivity contribution in [3.05, 3.63) is 23.3 Å². The molecule has 20 heavy (non-hydrogen) atoms. The maximum Gasteiger partial charge on any atom is 0.226 e. The van der Waals surface area contributed by atoms with Gasteiger partial charge in [-0.05, 0) is 68.8 Å². The van der Waals surface area contributed by atoms with Gasteiger partial charge in [0.1, 0.15) is 5.75 Å². The summed E-state index contributed by atoms with van der Waals surface area (Å²) >= 11 is 0. The molecule has 1 aliphatic carbocycles. The molecule has 0 spiro atoms. The Morgan fingerprint density at radius 1 is 1.30 bits per heavy atom. The number of carbonyl (C=O) groups is 1. The van der Waals surface area contributed by atoms with Crippen LogP contribution in [0.15, 0.2) is 12.1 Å². The summed E-state index contributed by atoms with van der Waals surface area (Å²) in [5, 5.41) is 6.44. The summed E-state index contributed by atoms with van der Waals surface area (Å²) in [4.78, 5) is 10.8. The van der Waals surface area contributed by atoms with Gasteiger partial charge in [0.25, 0.3) is 0 Å². The monoisotopic (exact) mass is 274 g/mol. The van der Waals surface area contributed by atoms with Crippen LogP contribution in [0.1, 0.15) is 42.7 Å². The van der Waals surface area contributed by atoms with E-state index < -0.39 is 6.23 Å². The van der Waals surface area contributed by atoms with E-state index in [1.54, 1.807) is 0 Å². The van der Waals surface area contributed by atoms with E-state index in [1.807, 2.05) is 7.05 Å². The number of hydrogen-bond donors (Lipinski definition) is 2. The van der Waals surface area contributed by atoms with Gasteiger partial charge in [-0.2, -0.15) is 0 Å². The van der Waals surface area contributed by atoms with Crippen LogP contribution in [0, 0.1) is 6.92 Å². The molecule has 4 nitrogen and oxygen atoms in total. The Bertz CT molecular complexity index is 507. The van der Waals surface area contributed by atoms with E-state index in [0.717, 1.165) is 17.7 Å². The highest BCUT2D eigenvalue weighted by atomic mass is 16.5. The number of anilines is 1. The van der Waals surface area contributed by atoms with Crippen LogP contribution < -0.4 is 15.4 Å². The molecular weight excluding hydrogens is 252 g/mol. The number of ether oxygens (including phenoxy) is 1. The van der Waals surface area contributed by atoms with Gasteiger partial charge >= 0.3 is 0 Å². The number of carbonyl (C=O) groups excluding carboxylic acids is 1. The zero-order chi connectivity index (χ0) is 14.1. The molecule has 1 heterocycles. The van der Waals surface area contributed by atoms with Crippen LogP contribution in [-0.4, -0.2) is 25.6 Å². The van der Waals surface area contributed by atoms with Crippen LogP contribution in [0.3, 0.4) is 0 Å². The Morgan fingerprint density at radius 2 is 2.05 bits per heavy atom. The van der Waals surface area contributed by atoms with Crippen LogP contribution in [-0.2, 0) is 4.79 Å². The molecule has 0 amide bonds. The first-order chi connectivity index (χ1) is 9.71. The number of benzene rings is 1. The molecule has 1 atom stereocenters. The minimum Gasteiger partial charge on any atom is -0.461 e. The lowest BCUT2D eigenvalue weighted by molar-refractivity contribution is -0.112. The summed E-state index contributed by atoms with van der Waals surface area (Å²) in [6.07, 6.45) is 5.17. The molecule has 1 saturated carbocycles. The van der Waals surface area contributed by atoms with Crippen molar-refractivity contribution in [1.29, 1.82) is 0 Å². The van der Waals surface area contributed by atoms with Crippen LogP contribution in [0.4, 0.5) is 5.69 Å². The lowest BCUT2D eigenvalue weighted by Crippen LogP contribution is -2.29. The third-order valence-corrected chi connectivity index (χ3v) is 4.62. The van der Waals surface area contributed by atoms with Gasteiger partial charge in [0.05, 0.1) is 5.69 Å². The average Bonchev–Trinajstić information content (AvgIpc) is 2.88. The molecule has 1 aromatic rings. The van der Waals surface area contributed by atoms with Gasteiger partial charge in [0.15, 0.2) is 6.29 Å². The third kappa shape index (κ3) is 2.40. The summed E-state index contributed by atoms with van der Waals surface area (Å²) in [7, 11) is 2.05. The van der Waals surface area contributed by atoms with Gasteiger partial charge in [-0.15, -0.1) is 0 Å². The summed E-state index contributed by atoms with van der Waals surface area (Å²) in [5.41, 5.74) is 3.61. The predicted octanol–water partition coefficient (Wildman–Crippen LogP) is 2.57. The predicted molar refractivity (Wildman–Crippen MR) is 79.3 cm³/mol. The smallest absolute Gasteiger partial charge is 0.226 e. The average molecular weight is 274 g/mol. The van der Waals surface area contributed by atoms with E-state index in [-0.39, 0.29) is 0 Å². The lowest BCUT2D eigenvalue weighted by atomic mass is 9.80. The molecule has 4 heteroatoms. The number of hydrogen-bond acceptors (Lipinski definition) is 4. The van der Waals surface area contributed by atoms with Crippen molar-refractivity contribution in [3.63, 3.8) is 0 Å². The molecule has 0 bridgehead atoms. The van der Waals surface area contributed by atoms with Crippen molar-refractivity contribution in [3.8, 4) is 5.75 Å². The van der Waals surface area contributed by atoms with E-state index in [2.05, 4.69) is 29.7 Å². The number of aryl methyl sites for hydroxylation is 1. The highest BCUT2D eigenvalue weighted by molar-refractivity contribution is 5.72. The van der Waals surface area contributed by atoms with E-state index in [4.69, 9.17) is 4.74 Å². The van der Waals surface area contributed by atoms with Gasteiger partial charge in [0, 0.05) is 6.04 Å². The molecule has 1 aromatic carbocycles. The standard InChI is InChI=1S/C16H22N2O2/c1-10-7-14-15(20-16(9-19)18-14)8-13(10)11-3-5-12(17-2)6-4-11/h7-9,11-12,16-18H,3-6H2,1-2H3. The molecule has 108 valence electrons. The molecule has 0 saturated heterocycles. The summed E-state index contributed by atoms with van der Waals surface area (Å²) in [5.74, 6) is 1.43. The Morgan fingerprint density at radius 3 is 2.70 bits per heavy atom. The highest BCUT2D eigenvalue weighted by Crippen LogP contribution is 2.40. The maximum absolute atomic E-state index is 10.8. The number of rotatable bonds is 3. The Kier molecular flexibility index (Phi) is 3.66. The molecule has 1 aliphatic heterocycles. The van der Waals surface area contributed by atoms with Crippen LogP contribution in [0.2, 0.25) is 0 Å². The van der Waals surface area contributed by atoms with Gasteiger partial charge in [-0.1, -0.05) is 0 Å².